The summed E-state index contributed by atoms with van der Waals surface area (Å²) < 4.78 is 5.45. The van der Waals surface area contributed by atoms with Crippen molar-refractivity contribution in [2.45, 2.75) is 44.8 Å². The van der Waals surface area contributed by atoms with Gasteiger partial charge in [0.25, 0.3) is 0 Å². The monoisotopic (exact) mass is 312 g/mol. The van der Waals surface area contributed by atoms with E-state index in [2.05, 4.69) is 10.6 Å². The number of carbonyl (C=O) groups is 1. The Hall–Kier alpha value is -1.46. The summed E-state index contributed by atoms with van der Waals surface area (Å²) in [4.78, 5) is 12.0. The van der Waals surface area contributed by atoms with Crippen LogP contribution in [0.15, 0.2) is 18.2 Å². The fraction of sp³-hybridized carbons (Fsp3) is 0.533. The van der Waals surface area contributed by atoms with E-state index >= 15 is 0 Å². The van der Waals surface area contributed by atoms with E-state index in [1.54, 1.807) is 18.2 Å². The second kappa shape index (κ2) is 7.52. The fourth-order valence-corrected chi connectivity index (χ4v) is 2.64. The zero-order valence-electron chi connectivity index (χ0n) is 12.1. The van der Waals surface area contributed by atoms with Crippen molar-refractivity contribution in [1.29, 1.82) is 0 Å². The summed E-state index contributed by atoms with van der Waals surface area (Å²) in [6.07, 6.45) is 3.09. The van der Waals surface area contributed by atoms with E-state index in [1.807, 2.05) is 6.92 Å². The number of hydrogen-bond acceptors (Lipinski definition) is 3. The molecule has 1 aromatic carbocycles. The zero-order chi connectivity index (χ0) is 15.2. The van der Waals surface area contributed by atoms with Gasteiger partial charge in [-0.1, -0.05) is 24.4 Å². The zero-order valence-corrected chi connectivity index (χ0v) is 12.8. The van der Waals surface area contributed by atoms with Crippen LogP contribution in [0, 0.1) is 0 Å². The maximum atomic E-state index is 12.0. The molecule has 0 heterocycles. The molecular weight excluding hydrogens is 292 g/mol. The van der Waals surface area contributed by atoms with Crippen molar-refractivity contribution < 1.29 is 14.6 Å². The van der Waals surface area contributed by atoms with Crippen LogP contribution in [-0.4, -0.2) is 29.9 Å². The highest BCUT2D eigenvalue weighted by Gasteiger charge is 2.24. The predicted molar refractivity (Wildman–Crippen MR) is 83.0 cm³/mol. The van der Waals surface area contributed by atoms with Gasteiger partial charge in [-0.15, -0.1) is 0 Å². The number of ether oxygens (including phenoxy) is 1. The third kappa shape index (κ3) is 4.51. The van der Waals surface area contributed by atoms with E-state index in [1.165, 1.54) is 0 Å². The Balaban J connectivity index is 1.98. The molecule has 5 nitrogen and oxygen atoms in total. The molecule has 3 N–H and O–H groups in total. The Bertz CT molecular complexity index is 496. The predicted octanol–water partition coefficient (Wildman–Crippen LogP) is 3.16. The second-order valence-corrected chi connectivity index (χ2v) is 5.57. The molecule has 1 aliphatic rings. The van der Waals surface area contributed by atoms with Crippen LogP contribution in [0.5, 0.6) is 5.75 Å². The van der Waals surface area contributed by atoms with E-state index in [4.69, 9.17) is 16.3 Å². The number of benzene rings is 1. The third-order valence-corrected chi connectivity index (χ3v) is 3.77. The van der Waals surface area contributed by atoms with Crippen molar-refractivity contribution in [3.63, 3.8) is 0 Å². The molecule has 0 bridgehead atoms. The molecule has 0 spiro atoms. The highest BCUT2D eigenvalue weighted by molar-refractivity contribution is 6.30. The molecule has 0 radical (unpaired) electrons. The average molecular weight is 313 g/mol. The molecule has 0 saturated heterocycles. The van der Waals surface area contributed by atoms with Crippen LogP contribution >= 0.6 is 11.6 Å². The average Bonchev–Trinajstić information content (AvgIpc) is 2.45. The summed E-state index contributed by atoms with van der Waals surface area (Å²) in [6, 6.07) is 4.51. The van der Waals surface area contributed by atoms with Gasteiger partial charge in [0.05, 0.1) is 24.4 Å². The number of nitrogens with one attached hydrogen (secondary N) is 2. The topological polar surface area (TPSA) is 70.6 Å². The normalized spacial score (nSPS) is 21.7. The minimum atomic E-state index is -0.471. The minimum absolute atomic E-state index is 0.193. The standard InChI is InChI=1S/C15H21ClN2O3/c1-2-21-14-9-10(16)7-8-12(14)18-15(20)17-11-5-3-4-6-13(11)19/h7-9,11,13,19H,2-6H2,1H3,(H2,17,18,20). The number of carbonyl (C=O) groups excluding carboxylic acids is 1. The van der Waals surface area contributed by atoms with Gasteiger partial charge in [-0.2, -0.15) is 0 Å². The summed E-state index contributed by atoms with van der Waals surface area (Å²) in [5.41, 5.74) is 0.559. The van der Waals surface area contributed by atoms with Gasteiger partial charge in [-0.05, 0) is 31.9 Å². The number of aliphatic hydroxyl groups excluding tert-OH is 1. The third-order valence-electron chi connectivity index (χ3n) is 3.54. The SMILES string of the molecule is CCOc1cc(Cl)ccc1NC(=O)NC1CCCCC1O. The highest BCUT2D eigenvalue weighted by Crippen LogP contribution is 2.28. The van der Waals surface area contributed by atoms with E-state index in [-0.39, 0.29) is 12.1 Å². The molecule has 0 aliphatic heterocycles. The van der Waals surface area contributed by atoms with Crippen molar-refractivity contribution in [1.82, 2.24) is 5.32 Å². The Morgan fingerprint density at radius 2 is 2.19 bits per heavy atom. The molecule has 21 heavy (non-hydrogen) atoms. The molecule has 2 rings (SSSR count). The molecule has 2 unspecified atom stereocenters. The molecule has 6 heteroatoms. The van der Waals surface area contributed by atoms with Crippen LogP contribution in [0.1, 0.15) is 32.6 Å². The number of halogens is 1. The smallest absolute Gasteiger partial charge is 0.319 e. The maximum absolute atomic E-state index is 12.0. The number of hydrogen-bond donors (Lipinski definition) is 3. The summed E-state index contributed by atoms with van der Waals surface area (Å²) in [5.74, 6) is 0.532. The van der Waals surface area contributed by atoms with Gasteiger partial charge in [-0.25, -0.2) is 4.79 Å². The van der Waals surface area contributed by atoms with Gasteiger partial charge in [0.2, 0.25) is 0 Å². The molecule has 0 aromatic heterocycles. The molecule has 1 aliphatic carbocycles. The summed E-state index contributed by atoms with van der Waals surface area (Å²) in [5, 5.41) is 16.0. The van der Waals surface area contributed by atoms with E-state index in [0.717, 1.165) is 25.7 Å². The van der Waals surface area contributed by atoms with E-state index in [9.17, 15) is 9.90 Å². The molecule has 1 fully saturated rings. The Labute approximate surface area is 129 Å². The van der Waals surface area contributed by atoms with Crippen molar-refractivity contribution in [3.8, 4) is 5.75 Å². The van der Waals surface area contributed by atoms with Crippen molar-refractivity contribution >= 4 is 23.3 Å². The van der Waals surface area contributed by atoms with Crippen LogP contribution in [0.4, 0.5) is 10.5 Å². The van der Waals surface area contributed by atoms with Gasteiger partial charge in [0, 0.05) is 11.1 Å². The summed E-state index contributed by atoms with van der Waals surface area (Å²) in [6.45, 7) is 2.35. The van der Waals surface area contributed by atoms with Crippen molar-refractivity contribution in [2.75, 3.05) is 11.9 Å². The molecule has 1 saturated carbocycles. The number of amides is 2. The van der Waals surface area contributed by atoms with Crippen LogP contribution in [0.25, 0.3) is 0 Å². The second-order valence-electron chi connectivity index (χ2n) is 5.13. The lowest BCUT2D eigenvalue weighted by atomic mass is 9.93. The van der Waals surface area contributed by atoms with E-state index in [0.29, 0.717) is 23.1 Å². The van der Waals surface area contributed by atoms with Crippen LogP contribution in [0.2, 0.25) is 5.02 Å². The Morgan fingerprint density at radius 1 is 1.43 bits per heavy atom. The van der Waals surface area contributed by atoms with Gasteiger partial charge >= 0.3 is 6.03 Å². The molecule has 2 amide bonds. The first-order valence-electron chi connectivity index (χ1n) is 7.28. The van der Waals surface area contributed by atoms with Crippen LogP contribution in [-0.2, 0) is 0 Å². The number of urea groups is 1. The fourth-order valence-electron chi connectivity index (χ4n) is 2.48. The maximum Gasteiger partial charge on any atom is 0.319 e. The largest absolute Gasteiger partial charge is 0.492 e. The lowest BCUT2D eigenvalue weighted by Crippen LogP contribution is -2.46. The van der Waals surface area contributed by atoms with Crippen LogP contribution in [0.3, 0.4) is 0 Å². The van der Waals surface area contributed by atoms with Crippen molar-refractivity contribution in [3.05, 3.63) is 23.2 Å². The number of rotatable bonds is 4. The van der Waals surface area contributed by atoms with Crippen molar-refractivity contribution in [2.24, 2.45) is 0 Å². The Morgan fingerprint density at radius 3 is 2.90 bits per heavy atom. The number of aliphatic hydroxyl groups is 1. The first-order chi connectivity index (χ1) is 10.1. The molecule has 2 atom stereocenters. The first-order valence-corrected chi connectivity index (χ1v) is 7.66. The summed E-state index contributed by atoms with van der Waals surface area (Å²) in [7, 11) is 0. The van der Waals surface area contributed by atoms with Gasteiger partial charge in [0.1, 0.15) is 5.75 Å². The van der Waals surface area contributed by atoms with Crippen LogP contribution < -0.4 is 15.4 Å². The lowest BCUT2D eigenvalue weighted by Gasteiger charge is -2.28. The van der Waals surface area contributed by atoms with Gasteiger partial charge in [-0.3, -0.25) is 0 Å². The number of anilines is 1. The molecular formula is C15H21ClN2O3. The Kier molecular flexibility index (Phi) is 5.70. The molecule has 116 valence electrons. The van der Waals surface area contributed by atoms with Gasteiger partial charge < -0.3 is 20.5 Å². The highest BCUT2D eigenvalue weighted by atomic mass is 35.5. The van der Waals surface area contributed by atoms with E-state index < -0.39 is 6.10 Å². The first kappa shape index (κ1) is 15.9. The summed E-state index contributed by atoms with van der Waals surface area (Å²) >= 11 is 5.92. The quantitative estimate of drug-likeness (QED) is 0.799. The molecule has 1 aromatic rings. The minimum Gasteiger partial charge on any atom is -0.492 e. The van der Waals surface area contributed by atoms with Gasteiger partial charge in [0.15, 0.2) is 0 Å². The lowest BCUT2D eigenvalue weighted by molar-refractivity contribution is 0.0955.